The van der Waals surface area contributed by atoms with Crippen molar-refractivity contribution in [2.75, 3.05) is 0 Å². The van der Waals surface area contributed by atoms with Gasteiger partial charge in [-0.1, -0.05) is 26.2 Å². The first-order valence-electron chi connectivity index (χ1n) is 7.17. The molecule has 110 valence electrons. The molecule has 1 rings (SSSR count). The van der Waals surface area contributed by atoms with E-state index in [2.05, 4.69) is 10.6 Å². The number of aliphatic carboxylic acids is 1. The van der Waals surface area contributed by atoms with Crippen LogP contribution in [0.2, 0.25) is 0 Å². The van der Waals surface area contributed by atoms with Crippen molar-refractivity contribution in [2.45, 2.75) is 70.9 Å². The molecule has 0 saturated heterocycles. The number of nitrogens with one attached hydrogen (secondary N) is 2. The van der Waals surface area contributed by atoms with Crippen molar-refractivity contribution in [1.29, 1.82) is 0 Å². The van der Waals surface area contributed by atoms with Gasteiger partial charge in [0.15, 0.2) is 0 Å². The maximum atomic E-state index is 12.0. The van der Waals surface area contributed by atoms with Gasteiger partial charge in [-0.05, 0) is 33.1 Å². The summed E-state index contributed by atoms with van der Waals surface area (Å²) in [6.07, 6.45) is 5.18. The highest BCUT2D eigenvalue weighted by Crippen LogP contribution is 2.23. The second-order valence-electron chi connectivity index (χ2n) is 6.03. The topological polar surface area (TPSA) is 78.4 Å². The Morgan fingerprint density at radius 1 is 1.21 bits per heavy atom. The van der Waals surface area contributed by atoms with Gasteiger partial charge in [-0.15, -0.1) is 0 Å². The molecule has 1 saturated carbocycles. The van der Waals surface area contributed by atoms with Crippen LogP contribution in [-0.2, 0) is 4.79 Å². The molecule has 2 atom stereocenters. The summed E-state index contributed by atoms with van der Waals surface area (Å²) in [6, 6.07) is -0.516. The van der Waals surface area contributed by atoms with E-state index >= 15 is 0 Å². The predicted octanol–water partition coefficient (Wildman–Crippen LogP) is 2.51. The van der Waals surface area contributed by atoms with Crippen LogP contribution in [0.25, 0.3) is 0 Å². The lowest BCUT2D eigenvalue weighted by molar-refractivity contribution is -0.142. The molecule has 2 unspecified atom stereocenters. The van der Waals surface area contributed by atoms with Crippen LogP contribution < -0.4 is 10.6 Å². The van der Waals surface area contributed by atoms with E-state index in [1.807, 2.05) is 20.8 Å². The van der Waals surface area contributed by atoms with E-state index in [0.29, 0.717) is 6.42 Å². The van der Waals surface area contributed by atoms with Crippen LogP contribution in [0.5, 0.6) is 0 Å². The first-order chi connectivity index (χ1) is 8.85. The van der Waals surface area contributed by atoms with Gasteiger partial charge in [0.25, 0.3) is 0 Å². The quantitative estimate of drug-likeness (QED) is 0.687. The lowest BCUT2D eigenvalue weighted by Gasteiger charge is -2.28. The predicted molar refractivity (Wildman–Crippen MR) is 74.0 cm³/mol. The SMILES string of the molecule is CCC(C)(C)NC(=O)NC1CCCCCC1C(=O)O. The summed E-state index contributed by atoms with van der Waals surface area (Å²) in [7, 11) is 0. The van der Waals surface area contributed by atoms with Gasteiger partial charge in [0.1, 0.15) is 0 Å². The molecule has 5 heteroatoms. The maximum absolute atomic E-state index is 12.0. The third-order valence-corrected chi connectivity index (χ3v) is 3.99. The molecule has 5 nitrogen and oxygen atoms in total. The number of hydrogen-bond donors (Lipinski definition) is 3. The lowest BCUT2D eigenvalue weighted by Crippen LogP contribution is -2.53. The molecular formula is C14H26N2O3. The van der Waals surface area contributed by atoms with Gasteiger partial charge >= 0.3 is 12.0 Å². The minimum absolute atomic E-state index is 0.257. The largest absolute Gasteiger partial charge is 0.481 e. The number of rotatable bonds is 4. The number of amides is 2. The maximum Gasteiger partial charge on any atom is 0.315 e. The van der Waals surface area contributed by atoms with Gasteiger partial charge in [0.2, 0.25) is 0 Å². The van der Waals surface area contributed by atoms with Crippen LogP contribution >= 0.6 is 0 Å². The highest BCUT2D eigenvalue weighted by Gasteiger charge is 2.31. The fourth-order valence-corrected chi connectivity index (χ4v) is 2.38. The fourth-order valence-electron chi connectivity index (χ4n) is 2.38. The van der Waals surface area contributed by atoms with Crippen LogP contribution in [0, 0.1) is 5.92 Å². The number of hydrogen-bond acceptors (Lipinski definition) is 2. The molecule has 1 fully saturated rings. The molecule has 1 aliphatic rings. The Morgan fingerprint density at radius 2 is 1.84 bits per heavy atom. The first kappa shape index (κ1) is 15.8. The summed E-state index contributed by atoms with van der Waals surface area (Å²) in [5, 5.41) is 15.0. The number of carboxylic acids is 1. The Bertz CT molecular complexity index is 329. The van der Waals surface area contributed by atoms with Crippen molar-refractivity contribution in [3.63, 3.8) is 0 Å². The summed E-state index contributed by atoms with van der Waals surface area (Å²) in [5.41, 5.74) is -0.270. The van der Waals surface area contributed by atoms with Crippen molar-refractivity contribution in [2.24, 2.45) is 5.92 Å². The van der Waals surface area contributed by atoms with Gasteiger partial charge in [0.05, 0.1) is 5.92 Å². The smallest absolute Gasteiger partial charge is 0.315 e. The first-order valence-corrected chi connectivity index (χ1v) is 7.17. The molecule has 19 heavy (non-hydrogen) atoms. The minimum atomic E-state index is -0.804. The standard InChI is InChI=1S/C14H26N2O3/c1-4-14(2,3)16-13(19)15-11-9-7-5-6-8-10(11)12(17)18/h10-11H,4-9H2,1-3H3,(H,17,18)(H2,15,16,19). The number of carbonyl (C=O) groups excluding carboxylic acids is 1. The molecule has 3 N–H and O–H groups in total. The zero-order chi connectivity index (χ0) is 14.5. The zero-order valence-electron chi connectivity index (χ0n) is 12.2. The summed E-state index contributed by atoms with van der Waals surface area (Å²) in [6.45, 7) is 5.91. The zero-order valence-corrected chi connectivity index (χ0v) is 12.2. The Kier molecular flexibility index (Phi) is 5.63. The van der Waals surface area contributed by atoms with Crippen molar-refractivity contribution < 1.29 is 14.7 Å². The van der Waals surface area contributed by atoms with Crippen molar-refractivity contribution in [3.05, 3.63) is 0 Å². The second-order valence-corrected chi connectivity index (χ2v) is 6.03. The average molecular weight is 270 g/mol. The monoisotopic (exact) mass is 270 g/mol. The van der Waals surface area contributed by atoms with Gasteiger partial charge < -0.3 is 15.7 Å². The summed E-state index contributed by atoms with van der Waals surface area (Å²) >= 11 is 0. The van der Waals surface area contributed by atoms with Gasteiger partial charge in [-0.3, -0.25) is 4.79 Å². The molecule has 0 aliphatic heterocycles. The van der Waals surface area contributed by atoms with E-state index in [4.69, 9.17) is 0 Å². The Balaban J connectivity index is 2.61. The van der Waals surface area contributed by atoms with Crippen LogP contribution in [0.3, 0.4) is 0 Å². The van der Waals surface area contributed by atoms with Crippen LogP contribution in [0.4, 0.5) is 4.79 Å². The van der Waals surface area contributed by atoms with Crippen molar-refractivity contribution >= 4 is 12.0 Å². The number of carbonyl (C=O) groups is 2. The number of carboxylic acid groups (broad SMARTS) is 1. The molecule has 0 radical (unpaired) electrons. The Labute approximate surface area is 115 Å². The van der Waals surface area contributed by atoms with E-state index in [1.54, 1.807) is 0 Å². The van der Waals surface area contributed by atoms with Crippen molar-refractivity contribution in [1.82, 2.24) is 10.6 Å². The molecule has 0 bridgehead atoms. The molecule has 2 amide bonds. The van der Waals surface area contributed by atoms with Crippen LogP contribution in [0.1, 0.15) is 59.3 Å². The molecule has 1 aliphatic carbocycles. The molecule has 0 heterocycles. The molecule has 0 aromatic heterocycles. The van der Waals surface area contributed by atoms with E-state index in [9.17, 15) is 14.7 Å². The van der Waals surface area contributed by atoms with Gasteiger partial charge in [-0.2, -0.15) is 0 Å². The van der Waals surface area contributed by atoms with Gasteiger partial charge in [0, 0.05) is 11.6 Å². The van der Waals surface area contributed by atoms with E-state index < -0.39 is 11.9 Å². The van der Waals surface area contributed by atoms with E-state index in [1.165, 1.54) is 0 Å². The van der Waals surface area contributed by atoms with E-state index in [0.717, 1.165) is 32.1 Å². The Morgan fingerprint density at radius 3 is 2.42 bits per heavy atom. The van der Waals surface area contributed by atoms with Crippen LogP contribution in [0.15, 0.2) is 0 Å². The number of urea groups is 1. The third kappa shape index (κ3) is 5.09. The van der Waals surface area contributed by atoms with Crippen LogP contribution in [-0.4, -0.2) is 28.7 Å². The highest BCUT2D eigenvalue weighted by atomic mass is 16.4. The second kappa shape index (κ2) is 6.78. The summed E-state index contributed by atoms with van der Waals surface area (Å²) in [4.78, 5) is 23.2. The lowest BCUT2D eigenvalue weighted by atomic mass is 9.95. The third-order valence-electron chi connectivity index (χ3n) is 3.99. The van der Waals surface area contributed by atoms with Crippen molar-refractivity contribution in [3.8, 4) is 0 Å². The molecule has 0 aromatic carbocycles. The Hall–Kier alpha value is -1.26. The average Bonchev–Trinajstić information content (AvgIpc) is 2.53. The normalized spacial score (nSPS) is 24.4. The summed E-state index contributed by atoms with van der Waals surface area (Å²) in [5.74, 6) is -1.26. The minimum Gasteiger partial charge on any atom is -0.481 e. The summed E-state index contributed by atoms with van der Waals surface area (Å²) < 4.78 is 0. The molecule has 0 spiro atoms. The highest BCUT2D eigenvalue weighted by molar-refractivity contribution is 5.77. The van der Waals surface area contributed by atoms with Gasteiger partial charge in [-0.25, -0.2) is 4.79 Å². The molecular weight excluding hydrogens is 244 g/mol. The fraction of sp³-hybridized carbons (Fsp3) is 0.857. The molecule has 0 aromatic rings. The van der Waals surface area contributed by atoms with E-state index in [-0.39, 0.29) is 17.6 Å².